The summed E-state index contributed by atoms with van der Waals surface area (Å²) >= 11 is 0. The third kappa shape index (κ3) is 12.1. The highest BCUT2D eigenvalue weighted by Crippen LogP contribution is 2.50. The van der Waals surface area contributed by atoms with E-state index in [1.165, 1.54) is 0 Å². The van der Waals surface area contributed by atoms with Crippen molar-refractivity contribution in [3.05, 3.63) is 162 Å². The van der Waals surface area contributed by atoms with E-state index >= 15 is 70.2 Å². The maximum absolute atomic E-state index is 17.6. The molecule has 4 fully saturated rings. The van der Waals surface area contributed by atoms with E-state index in [2.05, 4.69) is 19.9 Å². The van der Waals surface area contributed by atoms with Gasteiger partial charge in [0.1, 0.15) is 122 Å². The minimum Gasteiger partial charge on any atom is -0.394 e. The van der Waals surface area contributed by atoms with Crippen LogP contribution in [-0.4, -0.2) is 226 Å². The maximum atomic E-state index is 17.6. The highest BCUT2D eigenvalue weighted by Gasteiger charge is 2.53. The lowest BCUT2D eigenvalue weighted by molar-refractivity contribution is -0.233. The minimum absolute atomic E-state index is 0.566. The number of aromatic nitrogens is 4. The molecule has 9 heterocycles. The summed E-state index contributed by atoms with van der Waals surface area (Å²) < 4.78 is 299. The fourth-order valence-corrected chi connectivity index (χ4v) is 14.4. The molecule has 0 radical (unpaired) electrons. The summed E-state index contributed by atoms with van der Waals surface area (Å²) in [4.78, 5) is 13.1. The smallest absolute Gasteiger partial charge is 0.170 e. The van der Waals surface area contributed by atoms with Crippen molar-refractivity contribution < 1.29 is 171 Å². The van der Waals surface area contributed by atoms with Gasteiger partial charge in [-0.25, -0.2) is 80.2 Å². The fourth-order valence-electron chi connectivity index (χ4n) is 14.4. The number of rotatable bonds is 12. The Morgan fingerprint density at radius 1 is 0.269 bits per heavy atom. The Bertz CT molecular complexity index is 4540. The largest absolute Gasteiger partial charge is 0.394 e. The second kappa shape index (κ2) is 29.2. The van der Waals surface area contributed by atoms with E-state index in [0.717, 1.165) is 0 Å². The van der Waals surface area contributed by atoms with Crippen LogP contribution in [0.5, 0.6) is 0 Å². The van der Waals surface area contributed by atoms with E-state index in [9.17, 15) is 81.7 Å². The number of ether oxygens (including phenoxy) is 4. The fraction of sp³-hybridized carbons (Fsp3) is 0.382. The molecule has 0 amide bonds. The van der Waals surface area contributed by atoms with Crippen molar-refractivity contribution in [2.45, 2.75) is 135 Å². The summed E-state index contributed by atoms with van der Waals surface area (Å²) in [5.41, 5.74) is -29.4. The molecule has 8 bridgehead atoms. The third-order valence-corrected chi connectivity index (χ3v) is 20.0. The molecular formula is C68H56F16N4O20. The van der Waals surface area contributed by atoms with Gasteiger partial charge in [-0.05, 0) is 49.3 Å². The molecule has 18 N–H and O–H groups in total. The first-order valence-electron chi connectivity index (χ1n) is 32.2. The average Bonchev–Trinajstić information content (AvgIpc) is 1.34. The predicted molar refractivity (Wildman–Crippen MR) is 330 cm³/mol. The van der Waals surface area contributed by atoms with E-state index in [0.29, 0.717) is 36.4 Å². The molecule has 7 aliphatic rings. The molecule has 7 aliphatic heterocycles. The molecule has 108 heavy (non-hydrogen) atoms. The normalized spacial score (nSPS) is 29.7. The zero-order valence-electron chi connectivity index (χ0n) is 54.0. The lowest BCUT2D eigenvalue weighted by Crippen LogP contribution is -2.55. The molecular weight excluding hydrogens is 1500 g/mol. The number of halogens is 16. The Hall–Kier alpha value is -8.18. The maximum Gasteiger partial charge on any atom is 0.170 e. The van der Waals surface area contributed by atoms with Crippen LogP contribution in [0, 0.1) is 93.1 Å². The number of aromatic amines is 2. The van der Waals surface area contributed by atoms with E-state index in [-0.39, 0.29) is 0 Å². The van der Waals surface area contributed by atoms with Crippen LogP contribution >= 0.6 is 0 Å². The molecule has 4 aromatic carbocycles. The number of nitrogens with one attached hydrogen (secondary N) is 2. The third-order valence-electron chi connectivity index (χ3n) is 20.0. The second-order valence-electron chi connectivity index (χ2n) is 26.0. The Balaban J connectivity index is 1.18. The molecule has 40 heteroatoms. The first-order chi connectivity index (χ1) is 51.1. The molecule has 4 saturated heterocycles. The second-order valence-corrected chi connectivity index (χ2v) is 26.0. The number of aryl methyl sites for hydroxylation is 2. The summed E-state index contributed by atoms with van der Waals surface area (Å²) in [6, 6.07) is 1.16. The zero-order valence-corrected chi connectivity index (χ0v) is 54.0. The first-order valence-corrected chi connectivity index (χ1v) is 32.2. The van der Waals surface area contributed by atoms with Crippen LogP contribution in [0.15, 0.2) is 12.1 Å². The van der Waals surface area contributed by atoms with Gasteiger partial charge in [0.2, 0.25) is 0 Å². The topological polar surface area (TPSA) is 418 Å². The zero-order chi connectivity index (χ0) is 78.5. The van der Waals surface area contributed by atoms with Crippen LogP contribution in [0.2, 0.25) is 0 Å². The van der Waals surface area contributed by atoms with Crippen molar-refractivity contribution in [1.29, 1.82) is 0 Å². The average molecular weight is 1550 g/mol. The SMILES string of the molecule is OC[C@H]1O[C@H](c2c(F)c(F)c(-c3c4nc(c(-c5c(F)c(F)c([C@H]6O[C@H](CO)[C@@H](O)[C@H](O)[C@H]6O)c(F)c5F)c5ccc([nH]5)c(-c5c(F)c(F)c([C@H]6O[C@H](CO)[C@@H](O)[C@H](O)[C@H]6O)c(F)c5F)c5nc(c(-c6c(F)c(F)c([C@H]7O[C@H](CO)[C@@H](O)[C@H](O)[C@H]7O)c(F)c6F)c6[nH]c3CC6)C=C5)C=C4)c(F)c2F)[C@H](O)[C@@H](O)[C@@H]1O. The van der Waals surface area contributed by atoms with Gasteiger partial charge in [0.05, 0.1) is 93.7 Å². The number of hydrogen-bond acceptors (Lipinski definition) is 22. The van der Waals surface area contributed by atoms with E-state index in [1.54, 1.807) is 0 Å². The van der Waals surface area contributed by atoms with Crippen LogP contribution < -0.4 is 0 Å². The monoisotopic (exact) mass is 1550 g/mol. The molecule has 6 aromatic rings. The van der Waals surface area contributed by atoms with Gasteiger partial charge in [0.25, 0.3) is 0 Å². The molecule has 13 rings (SSSR count). The van der Waals surface area contributed by atoms with Crippen molar-refractivity contribution >= 4 is 35.3 Å². The Kier molecular flexibility index (Phi) is 21.1. The van der Waals surface area contributed by atoms with E-state index in [4.69, 9.17) is 18.9 Å². The Morgan fingerprint density at radius 3 is 0.685 bits per heavy atom. The number of H-pyrrole nitrogens is 2. The molecule has 0 saturated carbocycles. The van der Waals surface area contributed by atoms with Gasteiger partial charge < -0.3 is 111 Å². The van der Waals surface area contributed by atoms with Gasteiger partial charge in [-0.1, -0.05) is 0 Å². The number of nitrogens with zero attached hydrogens (tertiary/aromatic N) is 2. The lowest BCUT2D eigenvalue weighted by atomic mass is 9.88. The van der Waals surface area contributed by atoms with Gasteiger partial charge in [0, 0.05) is 44.7 Å². The molecule has 0 aliphatic carbocycles. The van der Waals surface area contributed by atoms with E-state index < -0.39 is 366 Å². The molecule has 2 aromatic heterocycles. The Labute approximate surface area is 592 Å². The summed E-state index contributed by atoms with van der Waals surface area (Å²) in [5.74, 6) is -40.7. The lowest BCUT2D eigenvalue weighted by Gasteiger charge is -2.40. The number of aliphatic hydroxyl groups excluding tert-OH is 16. The van der Waals surface area contributed by atoms with Crippen molar-refractivity contribution in [3.8, 4) is 44.5 Å². The summed E-state index contributed by atoms with van der Waals surface area (Å²) in [6.07, 6.45) is -48.4. The Morgan fingerprint density at radius 2 is 0.472 bits per heavy atom. The summed E-state index contributed by atoms with van der Waals surface area (Å²) in [7, 11) is 0. The molecule has 580 valence electrons. The van der Waals surface area contributed by atoms with Gasteiger partial charge in [-0.2, -0.15) is 0 Å². The van der Waals surface area contributed by atoms with Crippen molar-refractivity contribution in [3.63, 3.8) is 0 Å². The van der Waals surface area contributed by atoms with Crippen molar-refractivity contribution in [2.24, 2.45) is 0 Å². The highest BCUT2D eigenvalue weighted by molar-refractivity contribution is 5.97. The van der Waals surface area contributed by atoms with Gasteiger partial charge in [-0.15, -0.1) is 0 Å². The molecule has 0 unspecified atom stereocenters. The first kappa shape index (κ1) is 78.0. The van der Waals surface area contributed by atoms with Gasteiger partial charge in [-0.3, -0.25) is 0 Å². The molecule has 20 atom stereocenters. The molecule has 0 spiro atoms. The van der Waals surface area contributed by atoms with E-state index in [1.807, 2.05) is 0 Å². The number of fused-ring (bicyclic) bond motifs is 8. The number of benzene rings is 4. The van der Waals surface area contributed by atoms with Gasteiger partial charge in [0.15, 0.2) is 93.1 Å². The highest BCUT2D eigenvalue weighted by atomic mass is 19.2. The standard InChI is InChI=1S/C68H56F16N4O20/c69-37-29(38(70)46(78)33(45(37)77)65-61(101)57(97)53(93)21(9-89)105-65)25-13-1-2-14(85-13)26(30-39(71)47(79)34(48(80)40(30)72)66-62(102)58(98)54(94)22(10-90)106-66)16-5-6-18(87-16)28(32-43(75)51(83)36(52(84)44(32)76)68-64(104)60(100)56(96)24(12-92)108-68)20-8-7-19(88-20)27(17-4-3-15(25)86-17)31-41(73)49(81)35(50(82)42(31)74)67-63(103)59(99)55(95)23(11-91)107-67/h1-6,21-24,53-68,85,88-104H,7-12H2/t21-,22-,23-,24-,53-,54-,55-,56-,57+,58+,59+,60+,61-,62-,63-,64-,65-,66-,67-,68-/m1/s1. The quantitative estimate of drug-likeness (QED) is 0.0617. The van der Waals surface area contributed by atoms with Crippen LogP contribution in [0.3, 0.4) is 0 Å². The summed E-state index contributed by atoms with van der Waals surface area (Å²) in [5, 5.41) is 167. The van der Waals surface area contributed by atoms with Crippen molar-refractivity contribution in [2.75, 3.05) is 26.4 Å². The van der Waals surface area contributed by atoms with Gasteiger partial charge >= 0.3 is 0 Å². The predicted octanol–water partition coefficient (Wildman–Crippen LogP) is 3.12. The van der Waals surface area contributed by atoms with Crippen LogP contribution in [0.25, 0.3) is 79.8 Å². The number of hydrogen-bond donors (Lipinski definition) is 18. The molecule has 24 nitrogen and oxygen atoms in total. The summed E-state index contributed by atoms with van der Waals surface area (Å²) in [6.45, 7) is -5.14. The van der Waals surface area contributed by atoms with Crippen LogP contribution in [0.4, 0.5) is 70.2 Å². The number of aliphatic hydroxyl groups is 16. The van der Waals surface area contributed by atoms with Crippen LogP contribution in [-0.2, 0) is 31.8 Å². The van der Waals surface area contributed by atoms with Crippen molar-refractivity contribution in [1.82, 2.24) is 19.9 Å². The minimum atomic E-state index is -2.73. The van der Waals surface area contributed by atoms with Crippen LogP contribution in [0.1, 0.15) is 80.8 Å².